The van der Waals surface area contributed by atoms with Crippen molar-refractivity contribution in [3.63, 3.8) is 0 Å². The van der Waals surface area contributed by atoms with Crippen LogP contribution in [0.3, 0.4) is 0 Å². The van der Waals surface area contributed by atoms with Gasteiger partial charge in [0.25, 0.3) is 5.91 Å². The molecular weight excluding hydrogens is 260 g/mol. The first-order valence-corrected chi connectivity index (χ1v) is 7.22. The number of benzene rings is 2. The molecule has 1 aliphatic rings. The number of amides is 1. The largest absolute Gasteiger partial charge is 0.370 e. The molecule has 2 N–H and O–H groups in total. The first-order chi connectivity index (χ1) is 9.97. The number of carbonyl (C=O) groups is 1. The number of nitrogens with one attached hydrogen (secondary N) is 2. The first kappa shape index (κ1) is 13.7. The Bertz CT molecular complexity index is 686. The van der Waals surface area contributed by atoms with Crippen LogP contribution in [0.15, 0.2) is 48.5 Å². The zero-order valence-electron chi connectivity index (χ0n) is 12.6. The molecule has 108 valence electrons. The Labute approximate surface area is 125 Å². The van der Waals surface area contributed by atoms with Crippen LogP contribution in [0, 0.1) is 0 Å². The van der Waals surface area contributed by atoms with Gasteiger partial charge in [0.1, 0.15) is 6.04 Å². The average Bonchev–Trinajstić information content (AvgIpc) is 2.75. The van der Waals surface area contributed by atoms with Crippen LogP contribution in [0.2, 0.25) is 0 Å². The van der Waals surface area contributed by atoms with Crippen molar-refractivity contribution in [2.45, 2.75) is 32.2 Å². The number of hydrogen-bond donors (Lipinski definition) is 2. The summed E-state index contributed by atoms with van der Waals surface area (Å²) in [5.41, 5.74) is 4.15. The minimum Gasteiger partial charge on any atom is -0.370 e. The van der Waals surface area contributed by atoms with Crippen LogP contribution in [0.1, 0.15) is 37.9 Å². The molecule has 3 nitrogen and oxygen atoms in total. The standard InChI is InChI=1S/C18H20N2O/c1-18(2,3)13-9-5-7-11-15(13)19-16-12-8-4-6-10-14(12)20-17(16)21/h4-11,16,19H,1-3H3,(H,20,21). The summed E-state index contributed by atoms with van der Waals surface area (Å²) in [6.07, 6.45) is 0. The molecule has 0 saturated heterocycles. The van der Waals surface area contributed by atoms with Crippen molar-refractivity contribution in [1.82, 2.24) is 0 Å². The van der Waals surface area contributed by atoms with Gasteiger partial charge in [-0.3, -0.25) is 4.79 Å². The van der Waals surface area contributed by atoms with Gasteiger partial charge in [-0.05, 0) is 23.1 Å². The zero-order valence-corrected chi connectivity index (χ0v) is 12.6. The van der Waals surface area contributed by atoms with Gasteiger partial charge in [0.05, 0.1) is 0 Å². The number of carbonyl (C=O) groups excluding carboxylic acids is 1. The summed E-state index contributed by atoms with van der Waals surface area (Å²) in [6, 6.07) is 15.7. The highest BCUT2D eigenvalue weighted by Crippen LogP contribution is 2.36. The summed E-state index contributed by atoms with van der Waals surface area (Å²) in [7, 11) is 0. The average molecular weight is 280 g/mol. The number of anilines is 2. The van der Waals surface area contributed by atoms with Crippen LogP contribution in [0.25, 0.3) is 0 Å². The maximum absolute atomic E-state index is 12.2. The van der Waals surface area contributed by atoms with Gasteiger partial charge in [-0.15, -0.1) is 0 Å². The highest BCUT2D eigenvalue weighted by Gasteiger charge is 2.31. The lowest BCUT2D eigenvalue weighted by atomic mass is 9.85. The summed E-state index contributed by atoms with van der Waals surface area (Å²) in [5, 5.41) is 6.33. The maximum Gasteiger partial charge on any atom is 0.251 e. The Balaban J connectivity index is 1.97. The molecule has 1 aliphatic heterocycles. The van der Waals surface area contributed by atoms with Gasteiger partial charge in [-0.25, -0.2) is 0 Å². The number of rotatable bonds is 2. The van der Waals surface area contributed by atoms with Crippen LogP contribution in [-0.2, 0) is 10.2 Å². The van der Waals surface area contributed by atoms with Crippen molar-refractivity contribution in [2.75, 3.05) is 10.6 Å². The fourth-order valence-electron chi connectivity index (χ4n) is 2.77. The van der Waals surface area contributed by atoms with E-state index >= 15 is 0 Å². The minimum absolute atomic E-state index is 0.0000813. The molecule has 1 amide bonds. The second kappa shape index (κ2) is 4.92. The molecule has 0 spiro atoms. The second-order valence-corrected chi connectivity index (χ2v) is 6.45. The van der Waals surface area contributed by atoms with Crippen molar-refractivity contribution < 1.29 is 4.79 Å². The Kier molecular flexibility index (Phi) is 3.20. The molecule has 3 heteroatoms. The van der Waals surface area contributed by atoms with Crippen molar-refractivity contribution in [3.8, 4) is 0 Å². The smallest absolute Gasteiger partial charge is 0.251 e. The van der Waals surface area contributed by atoms with E-state index in [1.54, 1.807) is 0 Å². The Morgan fingerprint density at radius 2 is 1.67 bits per heavy atom. The fraction of sp³-hybridized carbons (Fsp3) is 0.278. The van der Waals surface area contributed by atoms with E-state index in [2.05, 4.69) is 37.5 Å². The lowest BCUT2D eigenvalue weighted by Crippen LogP contribution is -2.22. The molecule has 0 aliphatic carbocycles. The molecule has 2 aromatic rings. The van der Waals surface area contributed by atoms with E-state index in [0.717, 1.165) is 16.9 Å². The third-order valence-corrected chi connectivity index (χ3v) is 3.83. The molecule has 1 atom stereocenters. The van der Waals surface area contributed by atoms with Gasteiger partial charge in [0, 0.05) is 16.9 Å². The van der Waals surface area contributed by atoms with E-state index in [4.69, 9.17) is 0 Å². The van der Waals surface area contributed by atoms with E-state index in [0.29, 0.717) is 0 Å². The lowest BCUT2D eigenvalue weighted by molar-refractivity contribution is -0.116. The van der Waals surface area contributed by atoms with Gasteiger partial charge < -0.3 is 10.6 Å². The molecule has 0 aromatic heterocycles. The predicted molar refractivity (Wildman–Crippen MR) is 86.6 cm³/mol. The van der Waals surface area contributed by atoms with E-state index in [1.807, 2.05) is 42.5 Å². The second-order valence-electron chi connectivity index (χ2n) is 6.45. The van der Waals surface area contributed by atoms with Crippen LogP contribution < -0.4 is 10.6 Å². The molecule has 0 radical (unpaired) electrons. The van der Waals surface area contributed by atoms with Gasteiger partial charge in [-0.2, -0.15) is 0 Å². The molecule has 1 unspecified atom stereocenters. The molecule has 2 aromatic carbocycles. The van der Waals surface area contributed by atoms with Crippen molar-refractivity contribution in [1.29, 1.82) is 0 Å². The first-order valence-electron chi connectivity index (χ1n) is 7.22. The maximum atomic E-state index is 12.2. The molecule has 21 heavy (non-hydrogen) atoms. The monoisotopic (exact) mass is 280 g/mol. The van der Waals surface area contributed by atoms with E-state index in [-0.39, 0.29) is 17.4 Å². The van der Waals surface area contributed by atoms with E-state index in [9.17, 15) is 4.79 Å². The van der Waals surface area contributed by atoms with Gasteiger partial charge >= 0.3 is 0 Å². The summed E-state index contributed by atoms with van der Waals surface area (Å²) < 4.78 is 0. The van der Waals surface area contributed by atoms with Gasteiger partial charge in [0.15, 0.2) is 0 Å². The highest BCUT2D eigenvalue weighted by molar-refractivity contribution is 6.04. The number of fused-ring (bicyclic) bond motifs is 1. The summed E-state index contributed by atoms with van der Waals surface area (Å²) >= 11 is 0. The lowest BCUT2D eigenvalue weighted by Gasteiger charge is -2.25. The quantitative estimate of drug-likeness (QED) is 0.870. The third-order valence-electron chi connectivity index (χ3n) is 3.83. The molecule has 3 rings (SSSR count). The van der Waals surface area contributed by atoms with Crippen molar-refractivity contribution in [3.05, 3.63) is 59.7 Å². The molecule has 1 heterocycles. The van der Waals surface area contributed by atoms with Crippen LogP contribution in [0.5, 0.6) is 0 Å². The van der Waals surface area contributed by atoms with Gasteiger partial charge in [0.2, 0.25) is 0 Å². The molecule has 0 fully saturated rings. The van der Waals surface area contributed by atoms with Crippen molar-refractivity contribution >= 4 is 17.3 Å². The number of hydrogen-bond acceptors (Lipinski definition) is 2. The zero-order chi connectivity index (χ0) is 15.0. The SMILES string of the molecule is CC(C)(C)c1ccccc1NC1C(=O)Nc2ccccc21. The third kappa shape index (κ3) is 2.51. The topological polar surface area (TPSA) is 41.1 Å². The Hall–Kier alpha value is -2.29. The van der Waals surface area contributed by atoms with Crippen LogP contribution >= 0.6 is 0 Å². The predicted octanol–water partition coefficient (Wildman–Crippen LogP) is 4.09. The Morgan fingerprint density at radius 3 is 2.43 bits per heavy atom. The molecule has 0 bridgehead atoms. The van der Waals surface area contributed by atoms with E-state index in [1.165, 1.54) is 5.56 Å². The molecular formula is C18H20N2O. The van der Waals surface area contributed by atoms with E-state index < -0.39 is 0 Å². The molecule has 0 saturated carbocycles. The van der Waals surface area contributed by atoms with Crippen LogP contribution in [-0.4, -0.2) is 5.91 Å². The fourth-order valence-corrected chi connectivity index (χ4v) is 2.77. The summed E-state index contributed by atoms with van der Waals surface area (Å²) in [4.78, 5) is 12.2. The van der Waals surface area contributed by atoms with Crippen LogP contribution in [0.4, 0.5) is 11.4 Å². The summed E-state index contributed by atoms with van der Waals surface area (Å²) in [5.74, 6) is -0.0000813. The minimum atomic E-state index is -0.329. The van der Waals surface area contributed by atoms with Gasteiger partial charge in [-0.1, -0.05) is 57.2 Å². The van der Waals surface area contributed by atoms with Crippen molar-refractivity contribution in [2.24, 2.45) is 0 Å². The number of para-hydroxylation sites is 2. The summed E-state index contributed by atoms with van der Waals surface area (Å²) in [6.45, 7) is 6.53. The normalized spacial score (nSPS) is 17.3. The highest BCUT2D eigenvalue weighted by atomic mass is 16.2. The Morgan fingerprint density at radius 1 is 1.00 bits per heavy atom.